The van der Waals surface area contributed by atoms with Crippen LogP contribution in [-0.2, 0) is 22.7 Å². The number of carbonyl (C=O) groups is 2. The standard InChI is InChI=1S/C21H20N6O2/c28-20-11-10-19(25-26(20)13-17-4-2-1-3-5-17)21(29)23-12-16-6-8-18(9-7-16)27-15-22-14-24-27/h1-9,14-15H,10-13H2,(H,23,29). The van der Waals surface area contributed by atoms with Crippen molar-refractivity contribution in [2.24, 2.45) is 5.10 Å². The van der Waals surface area contributed by atoms with Gasteiger partial charge in [0.1, 0.15) is 18.4 Å². The lowest BCUT2D eigenvalue weighted by Gasteiger charge is -2.23. The third kappa shape index (κ3) is 4.55. The summed E-state index contributed by atoms with van der Waals surface area (Å²) in [5, 5.41) is 12.6. The monoisotopic (exact) mass is 388 g/mol. The minimum absolute atomic E-state index is 0.0749. The molecule has 0 aliphatic carbocycles. The summed E-state index contributed by atoms with van der Waals surface area (Å²) in [6, 6.07) is 17.3. The SMILES string of the molecule is O=C(NCc1ccc(-n2cncn2)cc1)C1=NN(Cc2ccccc2)C(=O)CC1. The summed E-state index contributed by atoms with van der Waals surface area (Å²) < 4.78 is 1.66. The largest absolute Gasteiger partial charge is 0.347 e. The smallest absolute Gasteiger partial charge is 0.267 e. The Balaban J connectivity index is 1.37. The van der Waals surface area contributed by atoms with Crippen LogP contribution in [0.1, 0.15) is 24.0 Å². The Labute approximate surface area is 167 Å². The van der Waals surface area contributed by atoms with Gasteiger partial charge < -0.3 is 5.32 Å². The van der Waals surface area contributed by atoms with E-state index in [1.165, 1.54) is 11.3 Å². The molecule has 8 nitrogen and oxygen atoms in total. The van der Waals surface area contributed by atoms with Gasteiger partial charge in [0.15, 0.2) is 0 Å². The van der Waals surface area contributed by atoms with E-state index in [4.69, 9.17) is 0 Å². The third-order valence-corrected chi connectivity index (χ3v) is 4.61. The van der Waals surface area contributed by atoms with Crippen molar-refractivity contribution in [3.05, 3.63) is 78.4 Å². The summed E-state index contributed by atoms with van der Waals surface area (Å²) >= 11 is 0. The molecule has 0 fully saturated rings. The summed E-state index contributed by atoms with van der Waals surface area (Å²) in [6.07, 6.45) is 3.73. The van der Waals surface area contributed by atoms with Gasteiger partial charge in [-0.1, -0.05) is 42.5 Å². The van der Waals surface area contributed by atoms with Gasteiger partial charge in [0.2, 0.25) is 5.91 Å². The number of aromatic nitrogens is 3. The zero-order valence-electron chi connectivity index (χ0n) is 15.7. The maximum Gasteiger partial charge on any atom is 0.267 e. The van der Waals surface area contributed by atoms with Crippen LogP contribution in [0.3, 0.4) is 0 Å². The highest BCUT2D eigenvalue weighted by Crippen LogP contribution is 2.14. The van der Waals surface area contributed by atoms with Gasteiger partial charge in [-0.2, -0.15) is 10.2 Å². The molecule has 1 aliphatic rings. The van der Waals surface area contributed by atoms with E-state index in [1.807, 2.05) is 54.6 Å². The number of carbonyl (C=O) groups excluding carboxylic acids is 2. The number of amides is 2. The predicted octanol–water partition coefficient (Wildman–Crippen LogP) is 2.06. The molecular weight excluding hydrogens is 368 g/mol. The molecule has 0 saturated heterocycles. The molecule has 1 aliphatic heterocycles. The lowest BCUT2D eigenvalue weighted by atomic mass is 10.1. The van der Waals surface area contributed by atoms with Gasteiger partial charge in [-0.15, -0.1) is 0 Å². The first-order valence-corrected chi connectivity index (χ1v) is 9.33. The third-order valence-electron chi connectivity index (χ3n) is 4.61. The van der Waals surface area contributed by atoms with E-state index in [2.05, 4.69) is 20.5 Å². The molecular formula is C21H20N6O2. The maximum atomic E-state index is 12.5. The Morgan fingerprint density at radius 2 is 1.79 bits per heavy atom. The van der Waals surface area contributed by atoms with Crippen molar-refractivity contribution in [1.29, 1.82) is 0 Å². The molecule has 1 N–H and O–H groups in total. The fraction of sp³-hybridized carbons (Fsp3) is 0.190. The Morgan fingerprint density at radius 1 is 1.00 bits per heavy atom. The van der Waals surface area contributed by atoms with Crippen LogP contribution >= 0.6 is 0 Å². The van der Waals surface area contributed by atoms with Gasteiger partial charge in [0.05, 0.1) is 12.2 Å². The average molecular weight is 388 g/mol. The Hall–Kier alpha value is -3.81. The molecule has 0 saturated carbocycles. The number of benzene rings is 2. The van der Waals surface area contributed by atoms with Gasteiger partial charge in [0.25, 0.3) is 5.91 Å². The van der Waals surface area contributed by atoms with Gasteiger partial charge in [-0.3, -0.25) is 9.59 Å². The fourth-order valence-electron chi connectivity index (χ4n) is 3.04. The normalized spacial score (nSPS) is 13.9. The van der Waals surface area contributed by atoms with Crippen molar-refractivity contribution in [2.75, 3.05) is 0 Å². The van der Waals surface area contributed by atoms with E-state index < -0.39 is 0 Å². The molecule has 146 valence electrons. The van der Waals surface area contributed by atoms with Gasteiger partial charge >= 0.3 is 0 Å². The van der Waals surface area contributed by atoms with Crippen molar-refractivity contribution < 1.29 is 9.59 Å². The van der Waals surface area contributed by atoms with Gasteiger partial charge in [0, 0.05) is 19.4 Å². The molecule has 2 amide bonds. The van der Waals surface area contributed by atoms with Crippen LogP contribution in [-0.4, -0.2) is 37.3 Å². The van der Waals surface area contributed by atoms with Crippen LogP contribution in [0, 0.1) is 0 Å². The van der Waals surface area contributed by atoms with E-state index in [0.29, 0.717) is 25.2 Å². The van der Waals surface area contributed by atoms with E-state index in [0.717, 1.165) is 16.8 Å². The topological polar surface area (TPSA) is 92.5 Å². The van der Waals surface area contributed by atoms with Crippen LogP contribution in [0.2, 0.25) is 0 Å². The lowest BCUT2D eigenvalue weighted by molar-refractivity contribution is -0.132. The minimum Gasteiger partial charge on any atom is -0.347 e. The van der Waals surface area contributed by atoms with Crippen molar-refractivity contribution in [1.82, 2.24) is 25.1 Å². The predicted molar refractivity (Wildman–Crippen MR) is 107 cm³/mol. The quantitative estimate of drug-likeness (QED) is 0.700. The first kappa shape index (κ1) is 18.5. The van der Waals surface area contributed by atoms with Crippen molar-refractivity contribution >= 4 is 17.5 Å². The summed E-state index contributed by atoms with van der Waals surface area (Å²) in [5.74, 6) is -0.329. The molecule has 8 heteroatoms. The zero-order chi connectivity index (χ0) is 20.1. The Bertz CT molecular complexity index is 1010. The zero-order valence-corrected chi connectivity index (χ0v) is 15.7. The number of nitrogens with one attached hydrogen (secondary N) is 1. The van der Waals surface area contributed by atoms with Crippen LogP contribution in [0.15, 0.2) is 72.4 Å². The van der Waals surface area contributed by atoms with Crippen LogP contribution < -0.4 is 5.32 Å². The molecule has 2 heterocycles. The Morgan fingerprint density at radius 3 is 2.52 bits per heavy atom. The molecule has 3 aromatic rings. The second kappa shape index (κ2) is 8.47. The number of hydrazone groups is 1. The van der Waals surface area contributed by atoms with Gasteiger partial charge in [-0.25, -0.2) is 14.7 Å². The highest BCUT2D eigenvalue weighted by atomic mass is 16.2. The van der Waals surface area contributed by atoms with E-state index in [-0.39, 0.29) is 18.2 Å². The summed E-state index contributed by atoms with van der Waals surface area (Å²) in [7, 11) is 0. The van der Waals surface area contributed by atoms with Crippen molar-refractivity contribution in [3.63, 3.8) is 0 Å². The second-order valence-corrected chi connectivity index (χ2v) is 6.67. The molecule has 0 bridgehead atoms. The number of nitrogens with zero attached hydrogens (tertiary/aromatic N) is 5. The van der Waals surface area contributed by atoms with Crippen molar-refractivity contribution in [3.8, 4) is 5.69 Å². The first-order chi connectivity index (χ1) is 14.2. The molecule has 0 unspecified atom stereocenters. The summed E-state index contributed by atoms with van der Waals surface area (Å²) in [5.41, 5.74) is 3.19. The highest BCUT2D eigenvalue weighted by Gasteiger charge is 2.24. The fourth-order valence-corrected chi connectivity index (χ4v) is 3.04. The summed E-state index contributed by atoms with van der Waals surface area (Å²) in [4.78, 5) is 28.6. The average Bonchev–Trinajstić information content (AvgIpc) is 3.30. The molecule has 0 atom stereocenters. The van der Waals surface area contributed by atoms with Crippen LogP contribution in [0.5, 0.6) is 0 Å². The molecule has 4 rings (SSSR count). The number of hydrogen-bond acceptors (Lipinski definition) is 5. The first-order valence-electron chi connectivity index (χ1n) is 9.33. The van der Waals surface area contributed by atoms with Crippen LogP contribution in [0.25, 0.3) is 5.69 Å². The minimum atomic E-state index is -0.254. The molecule has 1 aromatic heterocycles. The van der Waals surface area contributed by atoms with E-state index in [1.54, 1.807) is 11.0 Å². The van der Waals surface area contributed by atoms with E-state index in [9.17, 15) is 9.59 Å². The van der Waals surface area contributed by atoms with Crippen LogP contribution in [0.4, 0.5) is 0 Å². The highest BCUT2D eigenvalue weighted by molar-refractivity contribution is 6.39. The number of rotatable bonds is 6. The Kier molecular flexibility index (Phi) is 5.42. The van der Waals surface area contributed by atoms with E-state index >= 15 is 0 Å². The number of hydrogen-bond donors (Lipinski definition) is 1. The maximum absolute atomic E-state index is 12.5. The molecule has 2 aromatic carbocycles. The molecule has 0 spiro atoms. The lowest BCUT2D eigenvalue weighted by Crippen LogP contribution is -2.38. The van der Waals surface area contributed by atoms with Crippen molar-refractivity contribution in [2.45, 2.75) is 25.9 Å². The molecule has 0 radical (unpaired) electrons. The second-order valence-electron chi connectivity index (χ2n) is 6.67. The molecule has 29 heavy (non-hydrogen) atoms. The van der Waals surface area contributed by atoms with Gasteiger partial charge in [-0.05, 0) is 23.3 Å². The summed E-state index contributed by atoms with van der Waals surface area (Å²) in [6.45, 7) is 0.738.